The SMILES string of the molecule is CCCCCNC(=O)C(=O)Nc1c(F)cccc1F. The van der Waals surface area contributed by atoms with Gasteiger partial charge in [-0.2, -0.15) is 0 Å². The first-order chi connectivity index (χ1) is 9.06. The van der Waals surface area contributed by atoms with Crippen LogP contribution < -0.4 is 10.6 Å². The van der Waals surface area contributed by atoms with Crippen LogP contribution in [-0.4, -0.2) is 18.4 Å². The van der Waals surface area contributed by atoms with Crippen LogP contribution in [0.3, 0.4) is 0 Å². The third-order valence-electron chi connectivity index (χ3n) is 2.47. The number of carbonyl (C=O) groups excluding carboxylic acids is 2. The van der Waals surface area contributed by atoms with Crippen molar-refractivity contribution in [2.45, 2.75) is 26.2 Å². The minimum Gasteiger partial charge on any atom is -0.348 e. The van der Waals surface area contributed by atoms with E-state index in [0.717, 1.165) is 31.4 Å². The van der Waals surface area contributed by atoms with Gasteiger partial charge in [0.2, 0.25) is 0 Å². The fraction of sp³-hybridized carbons (Fsp3) is 0.385. The van der Waals surface area contributed by atoms with Gasteiger partial charge in [0.15, 0.2) is 0 Å². The number of hydrogen-bond donors (Lipinski definition) is 2. The Labute approximate surface area is 110 Å². The van der Waals surface area contributed by atoms with Gasteiger partial charge in [-0.3, -0.25) is 9.59 Å². The van der Waals surface area contributed by atoms with Crippen LogP contribution >= 0.6 is 0 Å². The Morgan fingerprint density at radius 1 is 1.11 bits per heavy atom. The van der Waals surface area contributed by atoms with Crippen molar-refractivity contribution in [1.29, 1.82) is 0 Å². The number of rotatable bonds is 5. The summed E-state index contributed by atoms with van der Waals surface area (Å²) in [5.41, 5.74) is -0.615. The van der Waals surface area contributed by atoms with E-state index in [4.69, 9.17) is 0 Å². The van der Waals surface area contributed by atoms with E-state index in [9.17, 15) is 18.4 Å². The molecule has 1 aromatic carbocycles. The zero-order valence-electron chi connectivity index (χ0n) is 10.6. The molecule has 0 saturated carbocycles. The molecule has 0 aliphatic rings. The molecule has 0 saturated heterocycles. The second kappa shape index (κ2) is 7.45. The maximum Gasteiger partial charge on any atom is 0.313 e. The molecule has 2 amide bonds. The Hall–Kier alpha value is -1.98. The van der Waals surface area contributed by atoms with Gasteiger partial charge in [0.1, 0.15) is 17.3 Å². The number of anilines is 1. The van der Waals surface area contributed by atoms with Gasteiger partial charge >= 0.3 is 11.8 Å². The number of carbonyl (C=O) groups is 2. The molecule has 1 aromatic rings. The van der Waals surface area contributed by atoms with Gasteiger partial charge < -0.3 is 10.6 Å². The lowest BCUT2D eigenvalue weighted by Gasteiger charge is -2.07. The summed E-state index contributed by atoms with van der Waals surface area (Å²) < 4.78 is 26.5. The number of amides is 2. The van der Waals surface area contributed by atoms with Crippen molar-refractivity contribution in [3.8, 4) is 0 Å². The summed E-state index contributed by atoms with van der Waals surface area (Å²) in [4.78, 5) is 22.8. The van der Waals surface area contributed by atoms with Crippen LogP contribution in [0.4, 0.5) is 14.5 Å². The van der Waals surface area contributed by atoms with E-state index in [1.807, 2.05) is 12.2 Å². The molecule has 0 aliphatic heterocycles. The molecular formula is C13H16F2N2O2. The molecule has 4 nitrogen and oxygen atoms in total. The van der Waals surface area contributed by atoms with Crippen molar-refractivity contribution >= 4 is 17.5 Å². The van der Waals surface area contributed by atoms with E-state index in [2.05, 4.69) is 5.32 Å². The van der Waals surface area contributed by atoms with Gasteiger partial charge in [-0.25, -0.2) is 8.78 Å². The third-order valence-corrected chi connectivity index (χ3v) is 2.47. The first kappa shape index (κ1) is 15.1. The molecule has 0 aliphatic carbocycles. The fourth-order valence-electron chi connectivity index (χ4n) is 1.44. The topological polar surface area (TPSA) is 58.2 Å². The highest BCUT2D eigenvalue weighted by molar-refractivity contribution is 6.39. The summed E-state index contributed by atoms with van der Waals surface area (Å²) in [7, 11) is 0. The smallest absolute Gasteiger partial charge is 0.313 e. The lowest BCUT2D eigenvalue weighted by Crippen LogP contribution is -2.36. The first-order valence-corrected chi connectivity index (χ1v) is 6.09. The highest BCUT2D eigenvalue weighted by Gasteiger charge is 2.17. The second-order valence-corrected chi connectivity index (χ2v) is 4.01. The molecule has 0 heterocycles. The highest BCUT2D eigenvalue weighted by Crippen LogP contribution is 2.17. The molecule has 0 bridgehead atoms. The molecule has 104 valence electrons. The number of hydrogen-bond acceptors (Lipinski definition) is 2. The van der Waals surface area contributed by atoms with Crippen LogP contribution in [-0.2, 0) is 9.59 Å². The zero-order valence-corrected chi connectivity index (χ0v) is 10.6. The Morgan fingerprint density at radius 3 is 2.32 bits per heavy atom. The lowest BCUT2D eigenvalue weighted by atomic mass is 10.2. The molecule has 6 heteroatoms. The van der Waals surface area contributed by atoms with E-state index >= 15 is 0 Å². The summed E-state index contributed by atoms with van der Waals surface area (Å²) in [5, 5.41) is 4.30. The van der Waals surface area contributed by atoms with E-state index in [1.165, 1.54) is 6.07 Å². The molecule has 1 rings (SSSR count). The van der Waals surface area contributed by atoms with Crippen LogP contribution in [0.1, 0.15) is 26.2 Å². The van der Waals surface area contributed by atoms with Crippen molar-refractivity contribution in [2.24, 2.45) is 0 Å². The zero-order chi connectivity index (χ0) is 14.3. The predicted octanol–water partition coefficient (Wildman–Crippen LogP) is 2.21. The van der Waals surface area contributed by atoms with Gasteiger partial charge in [-0.05, 0) is 18.6 Å². The van der Waals surface area contributed by atoms with Gasteiger partial charge in [-0.1, -0.05) is 25.8 Å². The fourth-order valence-corrected chi connectivity index (χ4v) is 1.44. The monoisotopic (exact) mass is 270 g/mol. The van der Waals surface area contributed by atoms with Crippen LogP contribution in [0, 0.1) is 11.6 Å². The molecule has 19 heavy (non-hydrogen) atoms. The summed E-state index contributed by atoms with van der Waals surface area (Å²) in [6.07, 6.45) is 2.68. The van der Waals surface area contributed by atoms with Gasteiger partial charge in [0.05, 0.1) is 0 Å². The van der Waals surface area contributed by atoms with Gasteiger partial charge in [0, 0.05) is 6.54 Å². The second-order valence-electron chi connectivity index (χ2n) is 4.01. The molecule has 0 fully saturated rings. The molecular weight excluding hydrogens is 254 g/mol. The van der Waals surface area contributed by atoms with E-state index < -0.39 is 29.1 Å². The maximum absolute atomic E-state index is 13.2. The Balaban J connectivity index is 2.52. The molecule has 0 atom stereocenters. The standard InChI is InChI=1S/C13H16F2N2O2/c1-2-3-4-8-16-12(18)13(19)17-11-9(14)6-5-7-10(11)15/h5-7H,2-4,8H2,1H3,(H,16,18)(H,17,19). The molecule has 0 spiro atoms. The quantitative estimate of drug-likeness (QED) is 0.636. The molecule has 0 radical (unpaired) electrons. The van der Waals surface area contributed by atoms with E-state index in [0.29, 0.717) is 6.54 Å². The average molecular weight is 270 g/mol. The number of nitrogens with one attached hydrogen (secondary N) is 2. The van der Waals surface area contributed by atoms with Crippen molar-refractivity contribution in [2.75, 3.05) is 11.9 Å². The van der Waals surface area contributed by atoms with Crippen molar-refractivity contribution < 1.29 is 18.4 Å². The van der Waals surface area contributed by atoms with Crippen molar-refractivity contribution in [3.63, 3.8) is 0 Å². The largest absolute Gasteiger partial charge is 0.348 e. The minimum atomic E-state index is -1.08. The predicted molar refractivity (Wildman–Crippen MR) is 67.5 cm³/mol. The molecule has 2 N–H and O–H groups in total. The molecule has 0 aromatic heterocycles. The van der Waals surface area contributed by atoms with Crippen LogP contribution in [0.2, 0.25) is 0 Å². The summed E-state index contributed by atoms with van der Waals surface area (Å²) >= 11 is 0. The Kier molecular flexibility index (Phi) is 5.92. The number of benzene rings is 1. The van der Waals surface area contributed by atoms with Gasteiger partial charge in [0.25, 0.3) is 0 Å². The third kappa shape index (κ3) is 4.65. The van der Waals surface area contributed by atoms with Crippen LogP contribution in [0.15, 0.2) is 18.2 Å². The number of unbranched alkanes of at least 4 members (excludes halogenated alkanes) is 2. The average Bonchev–Trinajstić information content (AvgIpc) is 2.38. The normalized spacial score (nSPS) is 10.1. The Bertz CT molecular complexity index is 444. The molecule has 0 unspecified atom stereocenters. The number of halogens is 2. The minimum absolute atomic E-state index is 0.361. The van der Waals surface area contributed by atoms with Crippen molar-refractivity contribution in [1.82, 2.24) is 5.32 Å². The summed E-state index contributed by atoms with van der Waals surface area (Å²) in [6.45, 7) is 2.37. The lowest BCUT2D eigenvalue weighted by molar-refractivity contribution is -0.136. The van der Waals surface area contributed by atoms with E-state index in [1.54, 1.807) is 0 Å². The first-order valence-electron chi connectivity index (χ1n) is 6.09. The summed E-state index contributed by atoms with van der Waals surface area (Å²) in [6, 6.07) is 3.17. The van der Waals surface area contributed by atoms with E-state index in [-0.39, 0.29) is 0 Å². The highest BCUT2D eigenvalue weighted by atomic mass is 19.1. The van der Waals surface area contributed by atoms with Crippen LogP contribution in [0.25, 0.3) is 0 Å². The van der Waals surface area contributed by atoms with Crippen LogP contribution in [0.5, 0.6) is 0 Å². The maximum atomic E-state index is 13.2. The number of para-hydroxylation sites is 1. The summed E-state index contributed by atoms with van der Waals surface area (Å²) in [5.74, 6) is -3.83. The van der Waals surface area contributed by atoms with Gasteiger partial charge in [-0.15, -0.1) is 0 Å². The Morgan fingerprint density at radius 2 is 1.74 bits per heavy atom. The van der Waals surface area contributed by atoms with Crippen molar-refractivity contribution in [3.05, 3.63) is 29.8 Å².